The van der Waals surface area contributed by atoms with Crippen LogP contribution in [0.3, 0.4) is 0 Å². The Morgan fingerprint density at radius 2 is 1.77 bits per heavy atom. The Labute approximate surface area is 281 Å². The van der Waals surface area contributed by atoms with Gasteiger partial charge in [0.25, 0.3) is 0 Å². The van der Waals surface area contributed by atoms with Gasteiger partial charge in [0, 0.05) is 6.07 Å². The van der Waals surface area contributed by atoms with E-state index in [2.05, 4.69) is 58.4 Å². The number of benzene rings is 1. The van der Waals surface area contributed by atoms with Crippen molar-refractivity contribution < 1.29 is 19.4 Å². The number of carboxylic acids is 1. The van der Waals surface area contributed by atoms with Crippen molar-refractivity contribution in [2.24, 2.45) is 56.7 Å². The van der Waals surface area contributed by atoms with Crippen molar-refractivity contribution in [3.05, 3.63) is 48.3 Å². The van der Waals surface area contributed by atoms with Crippen molar-refractivity contribution >= 4 is 5.97 Å². The molecule has 2 aromatic rings. The van der Waals surface area contributed by atoms with Gasteiger partial charge in [-0.1, -0.05) is 58.1 Å². The molecule has 1 aromatic carbocycles. The summed E-state index contributed by atoms with van der Waals surface area (Å²) in [7, 11) is 1.67. The molecule has 1 N–H and O–H groups in total. The van der Waals surface area contributed by atoms with Crippen LogP contribution in [-0.4, -0.2) is 39.3 Å². The van der Waals surface area contributed by atoms with Gasteiger partial charge in [-0.3, -0.25) is 4.79 Å². The van der Waals surface area contributed by atoms with E-state index in [1.165, 1.54) is 31.3 Å². The number of fused-ring (bicyclic) bond motifs is 7. The molecule has 47 heavy (non-hydrogen) atoms. The molecule has 0 spiro atoms. The van der Waals surface area contributed by atoms with Crippen molar-refractivity contribution in [1.82, 2.24) is 15.0 Å². The molecule has 0 unspecified atom stereocenters. The van der Waals surface area contributed by atoms with Crippen molar-refractivity contribution in [3.8, 4) is 11.4 Å². The monoisotopic (exact) mass is 643 g/mol. The Morgan fingerprint density at radius 3 is 2.49 bits per heavy atom. The number of rotatable bonds is 7. The van der Waals surface area contributed by atoms with Gasteiger partial charge in [-0.2, -0.15) is 0 Å². The summed E-state index contributed by atoms with van der Waals surface area (Å²) in [5.74, 6) is 2.49. The SMILES string of the molecule is C=C(C)[C@@H]1CC[C@]2(C(=O)O)CC[C@]3(C)[C@H](CC[C@@H]4[C@@]5(C)CC[C@H](OCc6cn(-c7cccc(OC)c7)nn6)C(C)(C)[C@@H]5CC[C@]43C)[C@@H]12. The molecular formula is C40H57N3O4. The van der Waals surface area contributed by atoms with E-state index in [9.17, 15) is 9.90 Å². The van der Waals surface area contributed by atoms with Crippen LogP contribution >= 0.6 is 0 Å². The van der Waals surface area contributed by atoms with Gasteiger partial charge in [0.1, 0.15) is 11.4 Å². The van der Waals surface area contributed by atoms with Crippen LogP contribution in [0.4, 0.5) is 0 Å². The van der Waals surface area contributed by atoms with E-state index in [1.807, 2.05) is 30.5 Å². The smallest absolute Gasteiger partial charge is 0.309 e. The van der Waals surface area contributed by atoms with Crippen LogP contribution in [0.25, 0.3) is 5.69 Å². The van der Waals surface area contributed by atoms with Gasteiger partial charge in [0.2, 0.25) is 0 Å². The number of methoxy groups -OCH3 is 1. The maximum Gasteiger partial charge on any atom is 0.309 e. The number of hydrogen-bond donors (Lipinski definition) is 1. The van der Waals surface area contributed by atoms with E-state index in [1.54, 1.807) is 11.8 Å². The van der Waals surface area contributed by atoms with Gasteiger partial charge >= 0.3 is 5.97 Å². The zero-order valence-corrected chi connectivity index (χ0v) is 29.8. The number of nitrogens with zero attached hydrogens (tertiary/aromatic N) is 3. The van der Waals surface area contributed by atoms with Crippen LogP contribution in [-0.2, 0) is 16.1 Å². The Kier molecular flexibility index (Phi) is 7.82. The minimum absolute atomic E-state index is 0.0381. The van der Waals surface area contributed by atoms with Crippen LogP contribution in [0, 0.1) is 56.7 Å². The molecule has 10 atom stereocenters. The molecule has 5 saturated carbocycles. The Bertz CT molecular complexity index is 1550. The van der Waals surface area contributed by atoms with E-state index in [0.717, 1.165) is 55.7 Å². The predicted octanol–water partition coefficient (Wildman–Crippen LogP) is 8.90. The first-order chi connectivity index (χ1) is 22.2. The lowest BCUT2D eigenvalue weighted by Crippen LogP contribution is -2.67. The Hall–Kier alpha value is -2.67. The average Bonchev–Trinajstić information content (AvgIpc) is 3.67. The van der Waals surface area contributed by atoms with Gasteiger partial charge in [-0.25, -0.2) is 4.68 Å². The highest BCUT2D eigenvalue weighted by molar-refractivity contribution is 5.76. The summed E-state index contributed by atoms with van der Waals surface area (Å²) in [6.45, 7) is 19.8. The predicted molar refractivity (Wildman–Crippen MR) is 183 cm³/mol. The van der Waals surface area contributed by atoms with Crippen molar-refractivity contribution in [1.29, 1.82) is 0 Å². The largest absolute Gasteiger partial charge is 0.497 e. The molecule has 1 heterocycles. The first-order valence-corrected chi connectivity index (χ1v) is 18.3. The maximum atomic E-state index is 13.0. The van der Waals surface area contributed by atoms with Gasteiger partial charge in [-0.05, 0) is 135 Å². The molecule has 7 heteroatoms. The molecule has 0 saturated heterocycles. The molecular weight excluding hydrogens is 586 g/mol. The third-order valence-corrected chi connectivity index (χ3v) is 15.7. The maximum absolute atomic E-state index is 13.0. The molecule has 5 fully saturated rings. The second-order valence-electron chi connectivity index (χ2n) is 17.7. The molecule has 5 aliphatic carbocycles. The Morgan fingerprint density at radius 1 is 0.979 bits per heavy atom. The summed E-state index contributed by atoms with van der Waals surface area (Å²) in [6, 6.07) is 7.84. The van der Waals surface area contributed by atoms with Gasteiger partial charge < -0.3 is 14.6 Å². The molecule has 0 amide bonds. The highest BCUT2D eigenvalue weighted by atomic mass is 16.5. The Balaban J connectivity index is 1.10. The van der Waals surface area contributed by atoms with Crippen LogP contribution in [0.5, 0.6) is 5.75 Å². The van der Waals surface area contributed by atoms with Crippen molar-refractivity contribution in [2.45, 2.75) is 118 Å². The topological polar surface area (TPSA) is 86.5 Å². The third kappa shape index (κ3) is 4.64. The fourth-order valence-corrected chi connectivity index (χ4v) is 13.2. The summed E-state index contributed by atoms with van der Waals surface area (Å²) in [5.41, 5.74) is 3.03. The van der Waals surface area contributed by atoms with Crippen LogP contribution in [0.15, 0.2) is 42.6 Å². The number of aromatic nitrogens is 3. The first kappa shape index (κ1) is 32.9. The molecule has 0 radical (unpaired) electrons. The second kappa shape index (κ2) is 11.2. The molecule has 7 rings (SSSR count). The fraction of sp³-hybridized carbons (Fsp3) is 0.725. The van der Waals surface area contributed by atoms with Crippen molar-refractivity contribution in [2.75, 3.05) is 7.11 Å². The quantitative estimate of drug-likeness (QED) is 0.303. The van der Waals surface area contributed by atoms with E-state index >= 15 is 0 Å². The average molecular weight is 644 g/mol. The fourth-order valence-electron chi connectivity index (χ4n) is 13.2. The summed E-state index contributed by atoms with van der Waals surface area (Å²) < 4.78 is 13.9. The molecule has 5 aliphatic rings. The number of ether oxygens (including phenoxy) is 2. The van der Waals surface area contributed by atoms with E-state index in [4.69, 9.17) is 9.47 Å². The summed E-state index contributed by atoms with van der Waals surface area (Å²) in [6.07, 6.45) is 12.9. The molecule has 7 nitrogen and oxygen atoms in total. The minimum Gasteiger partial charge on any atom is -0.497 e. The minimum atomic E-state index is -0.561. The lowest BCUT2D eigenvalue weighted by Gasteiger charge is -2.72. The standard InChI is InChI=1S/C40H57N3O4/c1-25(2)29-14-19-40(35(44)45)21-20-38(6)30(34(29)40)12-13-32-37(5)17-16-33(36(3,4)31(37)15-18-39(32,38)7)47-24-26-23-43(42-41-26)27-10-9-11-28(22-27)46-8/h9-11,22-23,29-34H,1,12-21,24H2,2-8H3,(H,44,45)/t29-,30+,31-,32+,33-,34+,37-,38+,39+,40-/m0/s1. The molecule has 0 aliphatic heterocycles. The first-order valence-electron chi connectivity index (χ1n) is 18.3. The number of carboxylic acid groups (broad SMARTS) is 1. The highest BCUT2D eigenvalue weighted by Crippen LogP contribution is 2.77. The molecule has 0 bridgehead atoms. The molecule has 1 aromatic heterocycles. The van der Waals surface area contributed by atoms with Crippen molar-refractivity contribution in [3.63, 3.8) is 0 Å². The normalized spacial score (nSPS) is 42.0. The van der Waals surface area contributed by atoms with Crippen LogP contribution in [0.2, 0.25) is 0 Å². The zero-order valence-electron chi connectivity index (χ0n) is 29.8. The highest BCUT2D eigenvalue weighted by Gasteiger charge is 2.72. The lowest BCUT2D eigenvalue weighted by atomic mass is 9.32. The van der Waals surface area contributed by atoms with Crippen LogP contribution < -0.4 is 4.74 Å². The second-order valence-corrected chi connectivity index (χ2v) is 17.7. The zero-order chi connectivity index (χ0) is 33.6. The lowest BCUT2D eigenvalue weighted by molar-refractivity contribution is -0.252. The number of hydrogen-bond acceptors (Lipinski definition) is 5. The summed E-state index contributed by atoms with van der Waals surface area (Å²) in [5, 5.41) is 19.5. The summed E-state index contributed by atoms with van der Waals surface area (Å²) in [4.78, 5) is 13.0. The van der Waals surface area contributed by atoms with Gasteiger partial charge in [0.05, 0.1) is 37.1 Å². The summed E-state index contributed by atoms with van der Waals surface area (Å²) >= 11 is 0. The van der Waals surface area contributed by atoms with Gasteiger partial charge in [0.15, 0.2) is 0 Å². The number of aliphatic carboxylic acids is 1. The molecule has 256 valence electrons. The van der Waals surface area contributed by atoms with Crippen LogP contribution in [0.1, 0.15) is 111 Å². The van der Waals surface area contributed by atoms with E-state index in [0.29, 0.717) is 30.3 Å². The van der Waals surface area contributed by atoms with Gasteiger partial charge in [-0.15, -0.1) is 5.10 Å². The number of carbonyl (C=O) groups is 1. The van der Waals surface area contributed by atoms with E-state index < -0.39 is 11.4 Å². The van der Waals surface area contributed by atoms with E-state index in [-0.39, 0.29) is 33.7 Å². The number of allylic oxidation sites excluding steroid dienone is 1. The third-order valence-electron chi connectivity index (χ3n) is 15.7.